The Balaban J connectivity index is 2.91. The van der Waals surface area contributed by atoms with E-state index in [1.807, 2.05) is 37.4 Å². The van der Waals surface area contributed by atoms with Crippen molar-refractivity contribution in [2.45, 2.75) is 0 Å². The van der Waals surface area contributed by atoms with E-state index in [-0.39, 0.29) is 5.97 Å². The minimum Gasteiger partial charge on any atom is -0.465 e. The molecule has 1 N–H and O–H groups in total. The predicted molar refractivity (Wildman–Crippen MR) is 60.7 cm³/mol. The van der Waals surface area contributed by atoms with Gasteiger partial charge >= 0.3 is 5.97 Å². The maximum atomic E-state index is 11.4. The first kappa shape index (κ1) is 11.5. The van der Waals surface area contributed by atoms with Gasteiger partial charge in [-0.2, -0.15) is 0 Å². The minimum absolute atomic E-state index is 0.306. The number of nitrogens with one attached hydrogen (secondary N) is 1. The van der Waals surface area contributed by atoms with Crippen molar-refractivity contribution in [3.8, 4) is 0 Å². The van der Waals surface area contributed by atoms with Crippen LogP contribution in [0.25, 0.3) is 6.08 Å². The molecule has 0 bridgehead atoms. The van der Waals surface area contributed by atoms with E-state index in [0.717, 1.165) is 12.1 Å². The van der Waals surface area contributed by atoms with Gasteiger partial charge in [-0.15, -0.1) is 0 Å². The fourth-order valence-corrected chi connectivity index (χ4v) is 1.24. The van der Waals surface area contributed by atoms with Crippen molar-refractivity contribution in [1.29, 1.82) is 0 Å². The summed E-state index contributed by atoms with van der Waals surface area (Å²) in [5.74, 6) is -0.306. The number of methoxy groups -OCH3 is 1. The second-order valence-electron chi connectivity index (χ2n) is 3.04. The molecule has 0 fully saturated rings. The van der Waals surface area contributed by atoms with E-state index in [1.54, 1.807) is 6.07 Å². The lowest BCUT2D eigenvalue weighted by molar-refractivity contribution is 0.0600. The van der Waals surface area contributed by atoms with Gasteiger partial charge < -0.3 is 10.1 Å². The Bertz CT molecular complexity index is 358. The van der Waals surface area contributed by atoms with Crippen molar-refractivity contribution < 1.29 is 9.53 Å². The summed E-state index contributed by atoms with van der Waals surface area (Å²) in [5, 5.41) is 3.00. The second kappa shape index (κ2) is 5.98. The molecule has 1 aromatic rings. The minimum atomic E-state index is -0.306. The summed E-state index contributed by atoms with van der Waals surface area (Å²) >= 11 is 0. The molecule has 0 heterocycles. The Morgan fingerprint density at radius 1 is 1.47 bits per heavy atom. The maximum Gasteiger partial charge on any atom is 0.338 e. The van der Waals surface area contributed by atoms with E-state index in [9.17, 15) is 4.79 Å². The summed E-state index contributed by atoms with van der Waals surface area (Å²) in [6, 6.07) is 7.36. The van der Waals surface area contributed by atoms with Crippen LogP contribution in [0.4, 0.5) is 0 Å². The molecule has 0 aliphatic carbocycles. The van der Waals surface area contributed by atoms with Crippen LogP contribution in [0.3, 0.4) is 0 Å². The molecule has 0 amide bonds. The van der Waals surface area contributed by atoms with Gasteiger partial charge in [0.05, 0.1) is 12.7 Å². The number of carbonyl (C=O) groups is 1. The van der Waals surface area contributed by atoms with Crippen LogP contribution in [0.1, 0.15) is 15.9 Å². The third kappa shape index (κ3) is 3.22. The molecule has 3 heteroatoms. The molecule has 0 spiro atoms. The Morgan fingerprint density at radius 2 is 2.20 bits per heavy atom. The molecule has 1 rings (SSSR count). The molecule has 3 nitrogen and oxygen atoms in total. The van der Waals surface area contributed by atoms with E-state index in [4.69, 9.17) is 4.74 Å². The molecule has 1 aromatic carbocycles. The van der Waals surface area contributed by atoms with Gasteiger partial charge in [-0.25, -0.2) is 4.79 Å². The normalized spacial score (nSPS) is 10.5. The second-order valence-corrected chi connectivity index (χ2v) is 3.04. The summed E-state index contributed by atoms with van der Waals surface area (Å²) in [7, 11) is 3.26. The third-order valence-electron chi connectivity index (χ3n) is 1.99. The number of rotatable bonds is 4. The molecule has 0 aromatic heterocycles. The lowest BCUT2D eigenvalue weighted by Crippen LogP contribution is -2.05. The van der Waals surface area contributed by atoms with Crippen LogP contribution in [0, 0.1) is 0 Å². The van der Waals surface area contributed by atoms with Gasteiger partial charge in [0, 0.05) is 6.54 Å². The highest BCUT2D eigenvalue weighted by Gasteiger charge is 2.07. The van der Waals surface area contributed by atoms with Crippen LogP contribution in [0.5, 0.6) is 0 Å². The molecular formula is C12H15NO2. The molecule has 0 saturated heterocycles. The molecular weight excluding hydrogens is 190 g/mol. The number of benzene rings is 1. The van der Waals surface area contributed by atoms with Crippen molar-refractivity contribution in [2.24, 2.45) is 0 Å². The topological polar surface area (TPSA) is 38.3 Å². The molecule has 15 heavy (non-hydrogen) atoms. The van der Waals surface area contributed by atoms with E-state index in [0.29, 0.717) is 5.56 Å². The summed E-state index contributed by atoms with van der Waals surface area (Å²) in [5.41, 5.74) is 1.46. The Hall–Kier alpha value is -1.61. The van der Waals surface area contributed by atoms with Crippen molar-refractivity contribution in [3.05, 3.63) is 41.5 Å². The summed E-state index contributed by atoms with van der Waals surface area (Å²) < 4.78 is 4.69. The van der Waals surface area contributed by atoms with Gasteiger partial charge in [-0.1, -0.05) is 30.4 Å². The SMILES string of the molecule is CNCC=Cc1ccccc1C(=O)OC. The lowest BCUT2D eigenvalue weighted by Gasteiger charge is -2.02. The number of carbonyl (C=O) groups excluding carboxylic acids is 1. The molecule has 0 saturated carbocycles. The third-order valence-corrected chi connectivity index (χ3v) is 1.99. The number of hydrogen-bond donors (Lipinski definition) is 1. The van der Waals surface area contributed by atoms with Crippen molar-refractivity contribution in [1.82, 2.24) is 5.32 Å². The molecule has 0 atom stereocenters. The predicted octanol–water partition coefficient (Wildman–Crippen LogP) is 1.71. The standard InChI is InChI=1S/C12H15NO2/c1-13-9-5-7-10-6-3-4-8-11(10)12(14)15-2/h3-8,13H,9H2,1-2H3. The van der Waals surface area contributed by atoms with Crippen LogP contribution in [-0.2, 0) is 4.74 Å². The molecule has 0 radical (unpaired) electrons. The highest BCUT2D eigenvalue weighted by molar-refractivity contribution is 5.93. The molecule has 0 unspecified atom stereocenters. The Kier molecular flexibility index (Phi) is 4.57. The van der Waals surface area contributed by atoms with E-state index in [1.165, 1.54) is 7.11 Å². The first-order valence-electron chi connectivity index (χ1n) is 4.78. The van der Waals surface area contributed by atoms with Crippen LogP contribution in [0.2, 0.25) is 0 Å². The van der Waals surface area contributed by atoms with Crippen LogP contribution >= 0.6 is 0 Å². The Labute approximate surface area is 89.8 Å². The quantitative estimate of drug-likeness (QED) is 0.760. The highest BCUT2D eigenvalue weighted by atomic mass is 16.5. The van der Waals surface area contributed by atoms with Gasteiger partial charge in [0.1, 0.15) is 0 Å². The first-order valence-corrected chi connectivity index (χ1v) is 4.78. The summed E-state index contributed by atoms with van der Waals surface area (Å²) in [4.78, 5) is 11.4. The van der Waals surface area contributed by atoms with Gasteiger partial charge in [0.2, 0.25) is 0 Å². The fraction of sp³-hybridized carbons (Fsp3) is 0.250. The zero-order valence-corrected chi connectivity index (χ0v) is 8.99. The largest absolute Gasteiger partial charge is 0.465 e. The zero-order chi connectivity index (χ0) is 11.1. The number of hydrogen-bond acceptors (Lipinski definition) is 3. The zero-order valence-electron chi connectivity index (χ0n) is 8.99. The van der Waals surface area contributed by atoms with Gasteiger partial charge in [-0.3, -0.25) is 0 Å². The van der Waals surface area contributed by atoms with Crippen LogP contribution < -0.4 is 5.32 Å². The smallest absolute Gasteiger partial charge is 0.338 e. The van der Waals surface area contributed by atoms with Gasteiger partial charge in [-0.05, 0) is 18.7 Å². The summed E-state index contributed by atoms with van der Waals surface area (Å²) in [6.07, 6.45) is 3.87. The molecule has 0 aliphatic heterocycles. The average molecular weight is 205 g/mol. The lowest BCUT2D eigenvalue weighted by atomic mass is 10.1. The van der Waals surface area contributed by atoms with Gasteiger partial charge in [0.15, 0.2) is 0 Å². The first-order chi connectivity index (χ1) is 7.29. The number of esters is 1. The Morgan fingerprint density at radius 3 is 2.87 bits per heavy atom. The molecule has 80 valence electrons. The molecule has 0 aliphatic rings. The van der Waals surface area contributed by atoms with Crippen LogP contribution in [0.15, 0.2) is 30.3 Å². The van der Waals surface area contributed by atoms with Crippen molar-refractivity contribution in [2.75, 3.05) is 20.7 Å². The van der Waals surface area contributed by atoms with Crippen LogP contribution in [-0.4, -0.2) is 26.7 Å². The van der Waals surface area contributed by atoms with E-state index >= 15 is 0 Å². The number of ether oxygens (including phenoxy) is 1. The highest BCUT2D eigenvalue weighted by Crippen LogP contribution is 2.11. The number of likely N-dealkylation sites (N-methyl/N-ethyl adjacent to an activating group) is 1. The summed E-state index contributed by atoms with van der Waals surface area (Å²) in [6.45, 7) is 0.773. The van der Waals surface area contributed by atoms with E-state index < -0.39 is 0 Å². The fourth-order valence-electron chi connectivity index (χ4n) is 1.24. The van der Waals surface area contributed by atoms with E-state index in [2.05, 4.69) is 5.32 Å². The monoisotopic (exact) mass is 205 g/mol. The maximum absolute atomic E-state index is 11.4. The van der Waals surface area contributed by atoms with Crippen molar-refractivity contribution in [3.63, 3.8) is 0 Å². The average Bonchev–Trinajstić information content (AvgIpc) is 2.29. The van der Waals surface area contributed by atoms with Gasteiger partial charge in [0.25, 0.3) is 0 Å². The van der Waals surface area contributed by atoms with Crippen molar-refractivity contribution >= 4 is 12.0 Å².